The van der Waals surface area contributed by atoms with Gasteiger partial charge in [-0.25, -0.2) is 0 Å². The van der Waals surface area contributed by atoms with Crippen LogP contribution in [0.4, 0.5) is 5.82 Å². The van der Waals surface area contributed by atoms with Crippen LogP contribution in [0.3, 0.4) is 0 Å². The molecule has 2 N–H and O–H groups in total. The summed E-state index contributed by atoms with van der Waals surface area (Å²) in [6.07, 6.45) is 2.85. The Bertz CT molecular complexity index is 531. The van der Waals surface area contributed by atoms with E-state index in [1.807, 2.05) is 25.4 Å². The van der Waals surface area contributed by atoms with E-state index in [1.54, 1.807) is 11.8 Å². The molecule has 1 aromatic carbocycles. The summed E-state index contributed by atoms with van der Waals surface area (Å²) < 4.78 is 7.03. The summed E-state index contributed by atoms with van der Waals surface area (Å²) in [6.45, 7) is 2.11. The van der Waals surface area contributed by atoms with E-state index in [2.05, 4.69) is 18.1 Å². The van der Waals surface area contributed by atoms with Crippen LogP contribution >= 0.6 is 0 Å². The lowest BCUT2D eigenvalue weighted by molar-refractivity contribution is 0.410. The lowest BCUT2D eigenvalue weighted by Crippen LogP contribution is -1.93. The van der Waals surface area contributed by atoms with Gasteiger partial charge < -0.3 is 10.5 Å². The number of methoxy groups -OCH3 is 1. The summed E-state index contributed by atoms with van der Waals surface area (Å²) in [7, 11) is 3.55. The lowest BCUT2D eigenvalue weighted by Gasteiger charge is -2.08. The largest absolute Gasteiger partial charge is 0.496 e. The molecule has 1 heterocycles. The van der Waals surface area contributed by atoms with Crippen molar-refractivity contribution < 1.29 is 4.74 Å². The van der Waals surface area contributed by atoms with Gasteiger partial charge in [-0.1, -0.05) is 13.0 Å². The van der Waals surface area contributed by atoms with E-state index in [0.29, 0.717) is 5.82 Å². The van der Waals surface area contributed by atoms with Crippen molar-refractivity contribution >= 4 is 5.82 Å². The number of anilines is 1. The number of nitrogens with two attached hydrogens (primary N) is 1. The van der Waals surface area contributed by atoms with Gasteiger partial charge in [-0.05, 0) is 29.7 Å². The maximum Gasteiger partial charge on any atom is 0.153 e. The molecular formula is C13H17N3O. The number of aromatic nitrogens is 2. The SMILES string of the molecule is CCc1cc(-c2cn(C)nc2N)ccc1OC. The van der Waals surface area contributed by atoms with Gasteiger partial charge in [0.05, 0.1) is 7.11 Å². The molecule has 90 valence electrons. The van der Waals surface area contributed by atoms with Crippen LogP contribution in [0.15, 0.2) is 24.4 Å². The van der Waals surface area contributed by atoms with Crippen LogP contribution in [-0.2, 0) is 13.5 Å². The molecule has 0 aliphatic carbocycles. The maximum absolute atomic E-state index is 5.87. The molecule has 0 aliphatic rings. The van der Waals surface area contributed by atoms with Crippen molar-refractivity contribution in [3.63, 3.8) is 0 Å². The third-order valence-electron chi connectivity index (χ3n) is 2.83. The number of hydrogen-bond acceptors (Lipinski definition) is 3. The highest BCUT2D eigenvalue weighted by molar-refractivity contribution is 5.74. The minimum Gasteiger partial charge on any atom is -0.496 e. The van der Waals surface area contributed by atoms with Crippen molar-refractivity contribution in [2.75, 3.05) is 12.8 Å². The van der Waals surface area contributed by atoms with Crippen molar-refractivity contribution in [3.8, 4) is 16.9 Å². The van der Waals surface area contributed by atoms with E-state index in [1.165, 1.54) is 5.56 Å². The van der Waals surface area contributed by atoms with Gasteiger partial charge in [-0.3, -0.25) is 4.68 Å². The molecule has 0 amide bonds. The summed E-state index contributed by atoms with van der Waals surface area (Å²) in [5, 5.41) is 4.15. The minimum absolute atomic E-state index is 0.555. The summed E-state index contributed by atoms with van der Waals surface area (Å²) in [6, 6.07) is 6.08. The number of ether oxygens (including phenoxy) is 1. The van der Waals surface area contributed by atoms with E-state index in [9.17, 15) is 0 Å². The predicted octanol–water partition coefficient (Wildman–Crippen LogP) is 2.24. The zero-order valence-electron chi connectivity index (χ0n) is 10.4. The molecule has 0 fully saturated rings. The molecule has 0 atom stereocenters. The lowest BCUT2D eigenvalue weighted by atomic mass is 10.0. The molecule has 2 aromatic rings. The number of rotatable bonds is 3. The summed E-state index contributed by atoms with van der Waals surface area (Å²) in [5.41, 5.74) is 9.09. The number of benzene rings is 1. The molecule has 0 unspecified atom stereocenters. The Morgan fingerprint density at radius 3 is 2.71 bits per heavy atom. The minimum atomic E-state index is 0.555. The molecule has 0 aliphatic heterocycles. The fourth-order valence-electron chi connectivity index (χ4n) is 1.95. The normalized spacial score (nSPS) is 10.5. The first-order valence-electron chi connectivity index (χ1n) is 5.62. The third kappa shape index (κ3) is 2.11. The Balaban J connectivity index is 2.50. The first kappa shape index (κ1) is 11.5. The molecule has 1 aromatic heterocycles. The second kappa shape index (κ2) is 4.49. The third-order valence-corrected chi connectivity index (χ3v) is 2.83. The molecule has 0 spiro atoms. The summed E-state index contributed by atoms with van der Waals surface area (Å²) in [5.74, 6) is 1.47. The fourth-order valence-corrected chi connectivity index (χ4v) is 1.95. The highest BCUT2D eigenvalue weighted by Crippen LogP contribution is 2.29. The molecule has 2 rings (SSSR count). The number of hydrogen-bond donors (Lipinski definition) is 1. The topological polar surface area (TPSA) is 53.1 Å². The fraction of sp³-hybridized carbons (Fsp3) is 0.308. The van der Waals surface area contributed by atoms with Gasteiger partial charge >= 0.3 is 0 Å². The van der Waals surface area contributed by atoms with Crippen LogP contribution < -0.4 is 10.5 Å². The molecule has 17 heavy (non-hydrogen) atoms. The molecule has 4 heteroatoms. The zero-order valence-corrected chi connectivity index (χ0v) is 10.4. The van der Waals surface area contributed by atoms with Crippen molar-refractivity contribution in [2.24, 2.45) is 7.05 Å². The molecule has 0 saturated carbocycles. The van der Waals surface area contributed by atoms with Crippen LogP contribution in [-0.4, -0.2) is 16.9 Å². The van der Waals surface area contributed by atoms with E-state index >= 15 is 0 Å². The van der Waals surface area contributed by atoms with Crippen molar-refractivity contribution in [1.82, 2.24) is 9.78 Å². The number of nitrogen functional groups attached to an aromatic ring is 1. The van der Waals surface area contributed by atoms with Crippen LogP contribution in [0.2, 0.25) is 0 Å². The van der Waals surface area contributed by atoms with Gasteiger partial charge in [0.2, 0.25) is 0 Å². The Kier molecular flexibility index (Phi) is 3.04. The molecule has 0 bridgehead atoms. The Labute approximate surface area is 101 Å². The number of nitrogens with zero attached hydrogens (tertiary/aromatic N) is 2. The van der Waals surface area contributed by atoms with Gasteiger partial charge in [-0.2, -0.15) is 5.10 Å². The highest BCUT2D eigenvalue weighted by atomic mass is 16.5. The standard InChI is InChI=1S/C13H17N3O/c1-4-9-7-10(5-6-12(9)17-3)11-8-16(2)15-13(11)14/h5-8H,4H2,1-3H3,(H2,14,15). The van der Waals surface area contributed by atoms with Crippen LogP contribution in [0, 0.1) is 0 Å². The van der Waals surface area contributed by atoms with Crippen LogP contribution in [0.25, 0.3) is 11.1 Å². The molecular weight excluding hydrogens is 214 g/mol. The Morgan fingerprint density at radius 2 is 2.18 bits per heavy atom. The Morgan fingerprint density at radius 1 is 1.41 bits per heavy atom. The second-order valence-corrected chi connectivity index (χ2v) is 3.98. The van der Waals surface area contributed by atoms with Gasteiger partial charge in [0, 0.05) is 18.8 Å². The van der Waals surface area contributed by atoms with E-state index < -0.39 is 0 Å². The zero-order chi connectivity index (χ0) is 12.4. The smallest absolute Gasteiger partial charge is 0.153 e. The predicted molar refractivity (Wildman–Crippen MR) is 69.0 cm³/mol. The average molecular weight is 231 g/mol. The average Bonchev–Trinajstić information content (AvgIpc) is 2.67. The van der Waals surface area contributed by atoms with Gasteiger partial charge in [-0.15, -0.1) is 0 Å². The van der Waals surface area contributed by atoms with E-state index in [4.69, 9.17) is 10.5 Å². The first-order chi connectivity index (χ1) is 8.15. The van der Waals surface area contributed by atoms with Crippen molar-refractivity contribution in [1.29, 1.82) is 0 Å². The Hall–Kier alpha value is -1.97. The molecule has 4 nitrogen and oxygen atoms in total. The van der Waals surface area contributed by atoms with E-state index in [0.717, 1.165) is 23.3 Å². The molecule has 0 saturated heterocycles. The number of aryl methyl sites for hydroxylation is 2. The highest BCUT2D eigenvalue weighted by Gasteiger charge is 2.09. The van der Waals surface area contributed by atoms with Gasteiger partial charge in [0.25, 0.3) is 0 Å². The molecule has 0 radical (unpaired) electrons. The van der Waals surface area contributed by atoms with Gasteiger partial charge in [0.15, 0.2) is 5.82 Å². The quantitative estimate of drug-likeness (QED) is 0.881. The summed E-state index contributed by atoms with van der Waals surface area (Å²) in [4.78, 5) is 0. The first-order valence-corrected chi connectivity index (χ1v) is 5.62. The maximum atomic E-state index is 5.87. The van der Waals surface area contributed by atoms with Gasteiger partial charge in [0.1, 0.15) is 5.75 Å². The van der Waals surface area contributed by atoms with Crippen molar-refractivity contribution in [3.05, 3.63) is 30.0 Å². The van der Waals surface area contributed by atoms with E-state index in [-0.39, 0.29) is 0 Å². The van der Waals surface area contributed by atoms with Crippen molar-refractivity contribution in [2.45, 2.75) is 13.3 Å². The second-order valence-electron chi connectivity index (χ2n) is 3.98. The summed E-state index contributed by atoms with van der Waals surface area (Å²) >= 11 is 0. The van der Waals surface area contributed by atoms with Crippen LogP contribution in [0.1, 0.15) is 12.5 Å². The monoisotopic (exact) mass is 231 g/mol. The van der Waals surface area contributed by atoms with Crippen LogP contribution in [0.5, 0.6) is 5.75 Å².